The minimum absolute atomic E-state index is 0.293. The Kier molecular flexibility index (Phi) is 4.28. The first-order valence-electron chi connectivity index (χ1n) is 6.29. The summed E-state index contributed by atoms with van der Waals surface area (Å²) in [7, 11) is 0. The summed E-state index contributed by atoms with van der Waals surface area (Å²) >= 11 is 0. The highest BCUT2D eigenvalue weighted by Crippen LogP contribution is 2.15. The van der Waals surface area contributed by atoms with Crippen molar-refractivity contribution < 1.29 is 4.39 Å². The molecule has 0 aliphatic carbocycles. The molecule has 4 nitrogen and oxygen atoms in total. The van der Waals surface area contributed by atoms with Crippen molar-refractivity contribution in [2.24, 2.45) is 0 Å². The molecule has 1 unspecified atom stereocenters. The van der Waals surface area contributed by atoms with Crippen molar-refractivity contribution >= 4 is 17.5 Å². The SMILES string of the molecule is CCC(C)Nc1ccnc(Nc2cccc(F)c2)n1. The van der Waals surface area contributed by atoms with E-state index < -0.39 is 0 Å². The van der Waals surface area contributed by atoms with E-state index >= 15 is 0 Å². The van der Waals surface area contributed by atoms with Crippen LogP contribution in [0.4, 0.5) is 21.8 Å². The van der Waals surface area contributed by atoms with E-state index in [1.165, 1.54) is 12.1 Å². The van der Waals surface area contributed by atoms with Gasteiger partial charge in [-0.1, -0.05) is 13.0 Å². The summed E-state index contributed by atoms with van der Waals surface area (Å²) in [6.45, 7) is 4.19. The van der Waals surface area contributed by atoms with Crippen molar-refractivity contribution in [3.05, 3.63) is 42.3 Å². The zero-order chi connectivity index (χ0) is 13.7. The molecule has 0 bridgehead atoms. The van der Waals surface area contributed by atoms with Crippen molar-refractivity contribution in [3.63, 3.8) is 0 Å². The van der Waals surface area contributed by atoms with E-state index in [0.29, 0.717) is 17.7 Å². The third-order valence-corrected chi connectivity index (χ3v) is 2.74. The average Bonchev–Trinajstić information content (AvgIpc) is 2.39. The topological polar surface area (TPSA) is 49.8 Å². The van der Waals surface area contributed by atoms with Crippen LogP contribution in [0.15, 0.2) is 36.5 Å². The largest absolute Gasteiger partial charge is 0.367 e. The maximum atomic E-state index is 13.1. The number of halogens is 1. The monoisotopic (exact) mass is 260 g/mol. The molecule has 0 amide bonds. The molecule has 0 radical (unpaired) electrons. The van der Waals surface area contributed by atoms with E-state index in [4.69, 9.17) is 0 Å². The Morgan fingerprint density at radius 1 is 1.32 bits per heavy atom. The molecule has 2 aromatic rings. The van der Waals surface area contributed by atoms with E-state index in [1.807, 2.05) is 6.07 Å². The van der Waals surface area contributed by atoms with Gasteiger partial charge in [-0.2, -0.15) is 4.98 Å². The average molecular weight is 260 g/mol. The molecule has 2 N–H and O–H groups in total. The van der Waals surface area contributed by atoms with Crippen LogP contribution in [0.3, 0.4) is 0 Å². The van der Waals surface area contributed by atoms with E-state index in [9.17, 15) is 4.39 Å². The Morgan fingerprint density at radius 2 is 2.16 bits per heavy atom. The van der Waals surface area contributed by atoms with Gasteiger partial charge in [-0.05, 0) is 37.6 Å². The van der Waals surface area contributed by atoms with E-state index in [-0.39, 0.29) is 5.82 Å². The van der Waals surface area contributed by atoms with Gasteiger partial charge in [0.15, 0.2) is 0 Å². The lowest BCUT2D eigenvalue weighted by Gasteiger charge is -2.12. The molecule has 1 heterocycles. The molecule has 19 heavy (non-hydrogen) atoms. The number of nitrogens with zero attached hydrogens (tertiary/aromatic N) is 2. The van der Waals surface area contributed by atoms with E-state index in [1.54, 1.807) is 18.3 Å². The summed E-state index contributed by atoms with van der Waals surface area (Å²) in [6.07, 6.45) is 2.68. The minimum atomic E-state index is -0.293. The van der Waals surface area contributed by atoms with Crippen molar-refractivity contribution in [2.45, 2.75) is 26.3 Å². The first-order valence-corrected chi connectivity index (χ1v) is 6.29. The highest BCUT2D eigenvalue weighted by atomic mass is 19.1. The number of aromatic nitrogens is 2. The number of rotatable bonds is 5. The first-order chi connectivity index (χ1) is 9.17. The van der Waals surface area contributed by atoms with Gasteiger partial charge in [-0.15, -0.1) is 0 Å². The van der Waals surface area contributed by atoms with E-state index in [0.717, 1.165) is 12.2 Å². The molecule has 0 spiro atoms. The van der Waals surface area contributed by atoms with E-state index in [2.05, 4.69) is 34.4 Å². The Hall–Kier alpha value is -2.17. The second-order valence-corrected chi connectivity index (χ2v) is 4.35. The van der Waals surface area contributed by atoms with Crippen molar-refractivity contribution in [2.75, 3.05) is 10.6 Å². The molecule has 5 heteroatoms. The summed E-state index contributed by atoms with van der Waals surface area (Å²) in [5.41, 5.74) is 0.626. The first kappa shape index (κ1) is 13.3. The van der Waals surface area contributed by atoms with Crippen LogP contribution in [0.1, 0.15) is 20.3 Å². The van der Waals surface area contributed by atoms with Crippen LogP contribution >= 0.6 is 0 Å². The summed E-state index contributed by atoms with van der Waals surface area (Å²) < 4.78 is 13.1. The van der Waals surface area contributed by atoms with Crippen LogP contribution in [0.5, 0.6) is 0 Å². The molecule has 1 aromatic heterocycles. The van der Waals surface area contributed by atoms with Crippen molar-refractivity contribution in [3.8, 4) is 0 Å². The molecule has 100 valence electrons. The highest BCUT2D eigenvalue weighted by molar-refractivity contribution is 5.54. The van der Waals surface area contributed by atoms with Gasteiger partial charge in [0.2, 0.25) is 5.95 Å². The fraction of sp³-hybridized carbons (Fsp3) is 0.286. The number of hydrogen-bond acceptors (Lipinski definition) is 4. The van der Waals surface area contributed by atoms with Crippen LogP contribution in [-0.4, -0.2) is 16.0 Å². The van der Waals surface area contributed by atoms with Crippen LogP contribution < -0.4 is 10.6 Å². The Balaban J connectivity index is 2.10. The number of anilines is 3. The number of nitrogens with one attached hydrogen (secondary N) is 2. The molecule has 0 saturated heterocycles. The normalized spacial score (nSPS) is 11.9. The Labute approximate surface area is 112 Å². The van der Waals surface area contributed by atoms with Gasteiger partial charge in [0.25, 0.3) is 0 Å². The predicted molar refractivity (Wildman–Crippen MR) is 75.1 cm³/mol. The third kappa shape index (κ3) is 3.91. The predicted octanol–water partition coefficient (Wildman–Crippen LogP) is 3.57. The maximum Gasteiger partial charge on any atom is 0.229 e. The minimum Gasteiger partial charge on any atom is -0.367 e. The standard InChI is InChI=1S/C14H17FN4/c1-3-10(2)17-13-7-8-16-14(19-13)18-12-6-4-5-11(15)9-12/h4-10H,3H2,1-2H3,(H2,16,17,18,19). The van der Waals surface area contributed by atoms with Crippen molar-refractivity contribution in [1.82, 2.24) is 9.97 Å². The van der Waals surface area contributed by atoms with Crippen LogP contribution in [-0.2, 0) is 0 Å². The molecular weight excluding hydrogens is 243 g/mol. The van der Waals surface area contributed by atoms with Gasteiger partial charge in [-0.3, -0.25) is 0 Å². The molecular formula is C14H17FN4. The van der Waals surface area contributed by atoms with Gasteiger partial charge in [0.05, 0.1) is 0 Å². The van der Waals surface area contributed by atoms with Crippen LogP contribution in [0, 0.1) is 5.82 Å². The van der Waals surface area contributed by atoms with Gasteiger partial charge in [0.1, 0.15) is 11.6 Å². The highest BCUT2D eigenvalue weighted by Gasteiger charge is 2.03. The molecule has 2 rings (SSSR count). The molecule has 0 saturated carbocycles. The Bertz CT molecular complexity index is 544. The maximum absolute atomic E-state index is 13.1. The van der Waals surface area contributed by atoms with Gasteiger partial charge >= 0.3 is 0 Å². The zero-order valence-corrected chi connectivity index (χ0v) is 11.0. The molecule has 0 fully saturated rings. The van der Waals surface area contributed by atoms with Gasteiger partial charge in [-0.25, -0.2) is 9.37 Å². The van der Waals surface area contributed by atoms with Gasteiger partial charge < -0.3 is 10.6 Å². The third-order valence-electron chi connectivity index (χ3n) is 2.74. The van der Waals surface area contributed by atoms with Crippen LogP contribution in [0.25, 0.3) is 0 Å². The fourth-order valence-corrected chi connectivity index (χ4v) is 1.55. The summed E-state index contributed by atoms with van der Waals surface area (Å²) in [6, 6.07) is 8.35. The number of benzene rings is 1. The lowest BCUT2D eigenvalue weighted by atomic mass is 10.2. The molecule has 0 aliphatic rings. The summed E-state index contributed by atoms with van der Waals surface area (Å²) in [5.74, 6) is 0.904. The lowest BCUT2D eigenvalue weighted by molar-refractivity contribution is 0.628. The Morgan fingerprint density at radius 3 is 2.89 bits per heavy atom. The molecule has 1 atom stereocenters. The van der Waals surface area contributed by atoms with Crippen LogP contribution in [0.2, 0.25) is 0 Å². The lowest BCUT2D eigenvalue weighted by Crippen LogP contribution is -2.14. The summed E-state index contributed by atoms with van der Waals surface area (Å²) in [5, 5.41) is 6.24. The quantitative estimate of drug-likeness (QED) is 0.863. The molecule has 0 aliphatic heterocycles. The molecule has 1 aromatic carbocycles. The second-order valence-electron chi connectivity index (χ2n) is 4.35. The van der Waals surface area contributed by atoms with Gasteiger partial charge in [0, 0.05) is 17.9 Å². The summed E-state index contributed by atoms with van der Waals surface area (Å²) in [4.78, 5) is 8.44. The number of hydrogen-bond donors (Lipinski definition) is 2. The smallest absolute Gasteiger partial charge is 0.229 e. The van der Waals surface area contributed by atoms with Crippen molar-refractivity contribution in [1.29, 1.82) is 0 Å². The zero-order valence-electron chi connectivity index (χ0n) is 11.0. The fourth-order valence-electron chi connectivity index (χ4n) is 1.55. The second kappa shape index (κ2) is 6.13.